The topological polar surface area (TPSA) is 83.9 Å². The molecule has 4 aliphatic heterocycles. The summed E-state index contributed by atoms with van der Waals surface area (Å²) >= 11 is 0. The Kier molecular flexibility index (Phi) is 10.8. The lowest BCUT2D eigenvalue weighted by Crippen LogP contribution is -2.57. The summed E-state index contributed by atoms with van der Waals surface area (Å²) in [5.41, 5.74) is 6.73. The second kappa shape index (κ2) is 15.4. The summed E-state index contributed by atoms with van der Waals surface area (Å²) in [6.45, 7) is 23.3. The van der Waals surface area contributed by atoms with Crippen LogP contribution < -0.4 is 9.64 Å². The van der Waals surface area contributed by atoms with Crippen LogP contribution in [0.1, 0.15) is 106 Å². The number of amides is 1. The second-order valence-electron chi connectivity index (χ2n) is 19.3. The van der Waals surface area contributed by atoms with E-state index in [1.54, 1.807) is 6.20 Å². The van der Waals surface area contributed by atoms with E-state index in [0.29, 0.717) is 53.1 Å². The number of anilines is 1. The molecule has 2 bridgehead atoms. The summed E-state index contributed by atoms with van der Waals surface area (Å²) < 4.78 is 29.9. The third kappa shape index (κ3) is 7.12. The van der Waals surface area contributed by atoms with Gasteiger partial charge in [-0.3, -0.25) is 14.8 Å². The van der Waals surface area contributed by atoms with Gasteiger partial charge in [0, 0.05) is 35.8 Å². The molecule has 308 valence electrons. The van der Waals surface area contributed by atoms with E-state index < -0.39 is 19.5 Å². The third-order valence-corrected chi connectivity index (χ3v) is 20.0. The number of fused-ring (bicyclic) bond motifs is 5. The van der Waals surface area contributed by atoms with Gasteiger partial charge in [-0.2, -0.15) is 9.97 Å². The van der Waals surface area contributed by atoms with E-state index in [1.807, 2.05) is 43.9 Å². The Labute approximate surface area is 345 Å². The molecular formula is C47H61FN6O3Si. The molecule has 6 heterocycles. The lowest BCUT2D eigenvalue weighted by atomic mass is 9.95. The van der Waals surface area contributed by atoms with E-state index in [0.717, 1.165) is 68.0 Å². The Morgan fingerprint density at radius 2 is 1.59 bits per heavy atom. The number of carbonyl (C=O) groups is 1. The second-order valence-corrected chi connectivity index (χ2v) is 24.8. The number of hydrogen-bond acceptors (Lipinski definition) is 8. The Bertz CT molecular complexity index is 2230. The van der Waals surface area contributed by atoms with Gasteiger partial charge in [-0.1, -0.05) is 77.8 Å². The Hall–Kier alpha value is -4.27. The molecule has 0 saturated carbocycles. The first-order chi connectivity index (χ1) is 27.6. The Morgan fingerprint density at radius 3 is 2.21 bits per heavy atom. The zero-order chi connectivity index (χ0) is 41.1. The average Bonchev–Trinajstić information content (AvgIpc) is 3.83. The molecule has 1 amide bonds. The van der Waals surface area contributed by atoms with Gasteiger partial charge in [-0.05, 0) is 100 Å². The van der Waals surface area contributed by atoms with Crippen molar-refractivity contribution in [2.24, 2.45) is 0 Å². The Morgan fingerprint density at radius 1 is 0.948 bits per heavy atom. The van der Waals surface area contributed by atoms with Crippen LogP contribution in [0, 0.1) is 17.3 Å². The maximum absolute atomic E-state index is 17.5. The molecule has 9 nitrogen and oxygen atoms in total. The predicted molar refractivity (Wildman–Crippen MR) is 234 cm³/mol. The summed E-state index contributed by atoms with van der Waals surface area (Å²) in [7, 11) is -2.04. The maximum Gasteiger partial charge on any atom is 0.410 e. The summed E-state index contributed by atoms with van der Waals surface area (Å²) in [4.78, 5) is 34.8. The van der Waals surface area contributed by atoms with Crippen molar-refractivity contribution in [2.45, 2.75) is 141 Å². The van der Waals surface area contributed by atoms with Gasteiger partial charge in [0.05, 0.1) is 23.0 Å². The van der Waals surface area contributed by atoms with E-state index in [-0.39, 0.29) is 40.9 Å². The monoisotopic (exact) mass is 804 g/mol. The van der Waals surface area contributed by atoms with Crippen molar-refractivity contribution in [3.05, 3.63) is 54.0 Å². The number of rotatable bonds is 8. The molecule has 0 N–H and O–H groups in total. The van der Waals surface area contributed by atoms with Crippen molar-refractivity contribution >= 4 is 41.7 Å². The third-order valence-electron chi connectivity index (χ3n) is 13.8. The lowest BCUT2D eigenvalue weighted by molar-refractivity contribution is 0.0122. The number of aromatic nitrogens is 3. The molecule has 4 fully saturated rings. The Balaban J connectivity index is 1.23. The predicted octanol–water partition coefficient (Wildman–Crippen LogP) is 10.1. The highest BCUT2D eigenvalue weighted by Crippen LogP contribution is 2.43. The van der Waals surface area contributed by atoms with Gasteiger partial charge >= 0.3 is 12.1 Å². The van der Waals surface area contributed by atoms with Gasteiger partial charge in [0.1, 0.15) is 37.3 Å². The van der Waals surface area contributed by atoms with Crippen molar-refractivity contribution < 1.29 is 18.7 Å². The van der Waals surface area contributed by atoms with Crippen molar-refractivity contribution in [3.8, 4) is 28.7 Å². The largest absolute Gasteiger partial charge is 0.461 e. The minimum Gasteiger partial charge on any atom is -0.461 e. The quantitative estimate of drug-likeness (QED) is 0.129. The van der Waals surface area contributed by atoms with Crippen LogP contribution in [0.4, 0.5) is 15.0 Å². The first-order valence-corrected chi connectivity index (χ1v) is 23.9. The molecule has 8 rings (SSSR count). The van der Waals surface area contributed by atoms with Crippen LogP contribution in [-0.2, 0) is 4.74 Å². The summed E-state index contributed by atoms with van der Waals surface area (Å²) in [5.74, 6) is 3.75. The fourth-order valence-electron chi connectivity index (χ4n) is 11.1. The summed E-state index contributed by atoms with van der Waals surface area (Å²) in [6.07, 6.45) is 7.62. The van der Waals surface area contributed by atoms with Gasteiger partial charge < -0.3 is 14.4 Å². The van der Waals surface area contributed by atoms with E-state index in [9.17, 15) is 4.79 Å². The first-order valence-electron chi connectivity index (χ1n) is 21.7. The smallest absolute Gasteiger partial charge is 0.410 e. The molecule has 0 radical (unpaired) electrons. The molecule has 11 heteroatoms. The van der Waals surface area contributed by atoms with Gasteiger partial charge in [-0.25, -0.2) is 9.18 Å². The number of carbonyl (C=O) groups excluding carboxylic acids is 1. The van der Waals surface area contributed by atoms with Crippen molar-refractivity contribution in [3.63, 3.8) is 0 Å². The molecule has 0 unspecified atom stereocenters. The molecule has 0 aliphatic carbocycles. The number of ether oxygens (including phenoxy) is 2. The van der Waals surface area contributed by atoms with Gasteiger partial charge in [0.2, 0.25) is 0 Å². The minimum atomic E-state index is -2.04. The van der Waals surface area contributed by atoms with Crippen LogP contribution >= 0.6 is 0 Å². The molecule has 58 heavy (non-hydrogen) atoms. The van der Waals surface area contributed by atoms with Crippen LogP contribution in [0.25, 0.3) is 32.9 Å². The van der Waals surface area contributed by atoms with Gasteiger partial charge in [-0.15, -0.1) is 5.54 Å². The molecule has 2 atom stereocenters. The molecular weight excluding hydrogens is 744 g/mol. The normalized spacial score (nSPS) is 20.7. The van der Waals surface area contributed by atoms with E-state index in [4.69, 9.17) is 24.4 Å². The average molecular weight is 805 g/mol. The highest BCUT2D eigenvalue weighted by Gasteiger charge is 2.47. The fraction of sp³-hybridized carbons (Fsp3) is 0.574. The number of halogens is 1. The van der Waals surface area contributed by atoms with Crippen molar-refractivity contribution in [1.82, 2.24) is 24.8 Å². The molecule has 4 aliphatic rings. The minimum absolute atomic E-state index is 0.0277. The van der Waals surface area contributed by atoms with Crippen LogP contribution in [0.3, 0.4) is 0 Å². The molecule has 4 saturated heterocycles. The zero-order valence-corrected chi connectivity index (χ0v) is 37.0. The number of nitrogens with zero attached hydrogens (tertiary/aromatic N) is 6. The van der Waals surface area contributed by atoms with E-state index >= 15 is 4.39 Å². The lowest BCUT2D eigenvalue weighted by Gasteiger charge is -2.42. The van der Waals surface area contributed by atoms with Crippen molar-refractivity contribution in [1.29, 1.82) is 0 Å². The fourth-order valence-corrected chi connectivity index (χ4v) is 16.3. The molecule has 2 aromatic heterocycles. The molecule has 2 aromatic carbocycles. The van der Waals surface area contributed by atoms with Crippen LogP contribution in [0.5, 0.6) is 6.01 Å². The zero-order valence-electron chi connectivity index (χ0n) is 36.0. The van der Waals surface area contributed by atoms with Gasteiger partial charge in [0.25, 0.3) is 0 Å². The molecule has 0 spiro atoms. The maximum atomic E-state index is 17.5. The van der Waals surface area contributed by atoms with Gasteiger partial charge in [0.15, 0.2) is 5.82 Å². The first kappa shape index (κ1) is 40.5. The van der Waals surface area contributed by atoms with Crippen molar-refractivity contribution in [2.75, 3.05) is 37.7 Å². The number of benzene rings is 2. The van der Waals surface area contributed by atoms with Crippen LogP contribution in [-0.4, -0.2) is 94.9 Å². The highest BCUT2D eigenvalue weighted by atomic mass is 28.3. The standard InChI is InChI=1S/C47H61FN6O3Si/c1-30(2)58(31(3)4,32(5)6)25-20-34-15-10-14-33-16-11-17-37(39(33)34)41-40(48)42-38(26-49-41)43(51-44(50-42)56-29-47-21-12-23-53(47)24-13-22-47)52-27-35-18-19-36(28-52)54(35)45(55)57-46(7,8)9/h10-11,14-17,26,30-32,35-36H,12-13,18-19,21-24,27-29H2,1-9H3/t35-,36+. The highest BCUT2D eigenvalue weighted by molar-refractivity contribution is 6.90. The molecule has 4 aromatic rings. The summed E-state index contributed by atoms with van der Waals surface area (Å²) in [5, 5.41) is 2.41. The van der Waals surface area contributed by atoms with E-state index in [2.05, 4.69) is 81.0 Å². The number of hydrogen-bond donors (Lipinski definition) is 0. The number of piperazine rings is 1. The summed E-state index contributed by atoms with van der Waals surface area (Å²) in [6, 6.07) is 12.2. The van der Waals surface area contributed by atoms with E-state index in [1.165, 1.54) is 0 Å². The number of pyridine rings is 1. The SMILES string of the molecule is CC(C)[Si](C#Cc1cccc2cccc(-c3ncc4c(N5C[C@H]6CC[C@@H](C5)N6C(=O)OC(C)(C)C)nc(OCC56CCCN5CCC6)nc4c3F)c12)(C(C)C)C(C)C. The van der Waals surface area contributed by atoms with Crippen LogP contribution in [0.15, 0.2) is 42.6 Å². The van der Waals surface area contributed by atoms with Crippen LogP contribution in [0.2, 0.25) is 16.6 Å².